The van der Waals surface area contributed by atoms with Crippen LogP contribution in [0.15, 0.2) is 41.6 Å². The van der Waals surface area contributed by atoms with Gasteiger partial charge in [-0.3, -0.25) is 4.79 Å². The van der Waals surface area contributed by atoms with Gasteiger partial charge in [-0.05, 0) is 31.7 Å². The van der Waals surface area contributed by atoms with Crippen molar-refractivity contribution in [1.82, 2.24) is 10.6 Å². The molecule has 27 heavy (non-hydrogen) atoms. The molecular weight excluding hydrogens is 348 g/mol. The molecule has 1 atom stereocenters. The van der Waals surface area contributed by atoms with Gasteiger partial charge in [0.25, 0.3) is 0 Å². The molecule has 1 aromatic rings. The number of carbonyl (C=O) groups is 3. The largest absolute Gasteiger partial charge is 0.463 e. The maximum absolute atomic E-state index is 12.7. The van der Waals surface area contributed by atoms with Gasteiger partial charge in [-0.25, -0.2) is 9.59 Å². The fourth-order valence-electron chi connectivity index (χ4n) is 3.34. The van der Waals surface area contributed by atoms with Crippen molar-refractivity contribution < 1.29 is 23.9 Å². The molecule has 1 heterocycles. The Labute approximate surface area is 158 Å². The lowest BCUT2D eigenvalue weighted by atomic mass is 9.96. The Hall–Kier alpha value is -2.83. The number of benzene rings is 1. The van der Waals surface area contributed by atoms with Gasteiger partial charge in [-0.1, -0.05) is 37.3 Å². The maximum Gasteiger partial charge on any atom is 0.338 e. The van der Waals surface area contributed by atoms with Crippen LogP contribution in [0.25, 0.3) is 0 Å². The number of ether oxygens (including phenoxy) is 2. The molecule has 0 unspecified atom stereocenters. The third-order valence-electron chi connectivity index (χ3n) is 4.96. The van der Waals surface area contributed by atoms with Gasteiger partial charge in [0.1, 0.15) is 6.61 Å². The maximum atomic E-state index is 12.7. The second-order valence-electron chi connectivity index (χ2n) is 6.70. The van der Waals surface area contributed by atoms with Gasteiger partial charge in [0.15, 0.2) is 0 Å². The molecule has 144 valence electrons. The highest BCUT2D eigenvalue weighted by Crippen LogP contribution is 2.49. The van der Waals surface area contributed by atoms with E-state index in [0.717, 1.165) is 18.4 Å². The normalized spacial score (nSPS) is 20.4. The minimum absolute atomic E-state index is 0.175. The van der Waals surface area contributed by atoms with Gasteiger partial charge in [0, 0.05) is 0 Å². The Balaban J connectivity index is 1.78. The van der Waals surface area contributed by atoms with Crippen molar-refractivity contribution in [1.29, 1.82) is 0 Å². The molecule has 7 heteroatoms. The van der Waals surface area contributed by atoms with E-state index in [1.54, 1.807) is 6.92 Å². The Kier molecular flexibility index (Phi) is 5.48. The molecule has 3 rings (SSSR count). The van der Waals surface area contributed by atoms with Crippen molar-refractivity contribution >= 4 is 18.0 Å². The lowest BCUT2D eigenvalue weighted by molar-refractivity contribution is -0.146. The molecule has 0 radical (unpaired) electrons. The molecule has 2 aliphatic rings. The molecule has 7 nitrogen and oxygen atoms in total. The van der Waals surface area contributed by atoms with Gasteiger partial charge >= 0.3 is 18.0 Å². The number of hydrogen-bond donors (Lipinski definition) is 2. The summed E-state index contributed by atoms with van der Waals surface area (Å²) in [6.07, 6.45) is 1.98. The molecule has 1 fully saturated rings. The van der Waals surface area contributed by atoms with Crippen LogP contribution >= 0.6 is 0 Å². The number of nitrogens with one attached hydrogen (secondary N) is 2. The summed E-state index contributed by atoms with van der Waals surface area (Å²) in [6, 6.07) is 8.61. The predicted octanol–water partition coefficient (Wildman–Crippen LogP) is 2.17. The first-order valence-electron chi connectivity index (χ1n) is 9.22. The monoisotopic (exact) mass is 372 g/mol. The Morgan fingerprint density at radius 2 is 1.85 bits per heavy atom. The van der Waals surface area contributed by atoms with Crippen molar-refractivity contribution in [2.45, 2.75) is 44.6 Å². The third-order valence-corrected chi connectivity index (χ3v) is 4.96. The number of amides is 2. The van der Waals surface area contributed by atoms with Crippen LogP contribution < -0.4 is 10.6 Å². The van der Waals surface area contributed by atoms with Crippen molar-refractivity contribution in [3.63, 3.8) is 0 Å². The van der Waals surface area contributed by atoms with Crippen LogP contribution in [0.2, 0.25) is 0 Å². The van der Waals surface area contributed by atoms with E-state index >= 15 is 0 Å². The lowest BCUT2D eigenvalue weighted by Crippen LogP contribution is -2.51. The molecule has 0 bridgehead atoms. The van der Waals surface area contributed by atoms with Crippen LogP contribution in [0.3, 0.4) is 0 Å². The molecule has 1 saturated carbocycles. The zero-order chi connectivity index (χ0) is 19.4. The quantitative estimate of drug-likeness (QED) is 0.716. The van der Waals surface area contributed by atoms with Crippen LogP contribution in [0, 0.1) is 0 Å². The van der Waals surface area contributed by atoms with E-state index in [4.69, 9.17) is 9.47 Å². The fraction of sp³-hybridized carbons (Fsp3) is 0.450. The zero-order valence-corrected chi connectivity index (χ0v) is 15.5. The molecule has 1 aromatic carbocycles. The highest BCUT2D eigenvalue weighted by atomic mass is 16.5. The Morgan fingerprint density at radius 1 is 1.15 bits per heavy atom. The second kappa shape index (κ2) is 7.82. The number of hydrogen-bond acceptors (Lipinski definition) is 5. The first-order chi connectivity index (χ1) is 13.0. The smallest absolute Gasteiger partial charge is 0.338 e. The van der Waals surface area contributed by atoms with Crippen LogP contribution in [0.1, 0.15) is 38.7 Å². The van der Waals surface area contributed by atoms with Crippen LogP contribution in [-0.4, -0.2) is 37.2 Å². The third kappa shape index (κ3) is 3.82. The van der Waals surface area contributed by atoms with Gasteiger partial charge in [-0.2, -0.15) is 0 Å². The van der Waals surface area contributed by atoms with Crippen LogP contribution in [0.5, 0.6) is 0 Å². The van der Waals surface area contributed by atoms with Crippen molar-refractivity contribution in [3.05, 3.63) is 47.2 Å². The van der Waals surface area contributed by atoms with E-state index in [0.29, 0.717) is 12.0 Å². The van der Waals surface area contributed by atoms with Gasteiger partial charge in [0.05, 0.1) is 29.3 Å². The van der Waals surface area contributed by atoms with E-state index in [1.165, 1.54) is 0 Å². The summed E-state index contributed by atoms with van der Waals surface area (Å²) in [5, 5.41) is 5.28. The number of urea groups is 1. The van der Waals surface area contributed by atoms with Gasteiger partial charge in [-0.15, -0.1) is 0 Å². The highest BCUT2D eigenvalue weighted by molar-refractivity contribution is 5.95. The second-order valence-corrected chi connectivity index (χ2v) is 6.70. The van der Waals surface area contributed by atoms with Crippen LogP contribution in [-0.2, 0) is 24.5 Å². The molecule has 1 aliphatic heterocycles. The predicted molar refractivity (Wildman–Crippen MR) is 97.7 cm³/mol. The summed E-state index contributed by atoms with van der Waals surface area (Å²) in [7, 11) is 0. The first kappa shape index (κ1) is 18.9. The summed E-state index contributed by atoms with van der Waals surface area (Å²) in [6.45, 7) is 3.61. The number of esters is 2. The zero-order valence-electron chi connectivity index (χ0n) is 15.5. The van der Waals surface area contributed by atoms with Crippen molar-refractivity contribution in [3.8, 4) is 0 Å². The molecule has 1 aliphatic carbocycles. The summed E-state index contributed by atoms with van der Waals surface area (Å²) < 4.78 is 10.6. The summed E-state index contributed by atoms with van der Waals surface area (Å²) >= 11 is 0. The molecule has 0 saturated heterocycles. The van der Waals surface area contributed by atoms with E-state index < -0.39 is 23.5 Å². The van der Waals surface area contributed by atoms with Crippen LogP contribution in [0.4, 0.5) is 4.79 Å². The standard InChI is InChI=1S/C20H24N2O5/c1-3-14-16(17(23)26-4-2)15(22-19(25)21-14)12-27-18(24)20(10-11-20)13-8-6-5-7-9-13/h5-9,14H,3-4,10-12H2,1-2H3,(H2,21,22,25)/t14-/m1/s1. The molecule has 2 N–H and O–H groups in total. The Morgan fingerprint density at radius 3 is 2.44 bits per heavy atom. The van der Waals surface area contributed by atoms with E-state index in [2.05, 4.69) is 10.6 Å². The van der Waals surface area contributed by atoms with Crippen molar-refractivity contribution in [2.24, 2.45) is 0 Å². The minimum Gasteiger partial charge on any atom is -0.463 e. The van der Waals surface area contributed by atoms with Gasteiger partial charge < -0.3 is 20.1 Å². The lowest BCUT2D eigenvalue weighted by Gasteiger charge is -2.28. The van der Waals surface area contributed by atoms with Crippen molar-refractivity contribution in [2.75, 3.05) is 13.2 Å². The first-order valence-corrected chi connectivity index (χ1v) is 9.22. The fourth-order valence-corrected chi connectivity index (χ4v) is 3.34. The summed E-state index contributed by atoms with van der Waals surface area (Å²) in [4.78, 5) is 37.0. The topological polar surface area (TPSA) is 93.7 Å². The number of rotatable bonds is 7. The average Bonchev–Trinajstić information content (AvgIpc) is 3.48. The Bertz CT molecular complexity index is 768. The molecule has 0 spiro atoms. The van der Waals surface area contributed by atoms with Gasteiger partial charge in [0.2, 0.25) is 0 Å². The number of carbonyl (C=O) groups excluding carboxylic acids is 3. The highest BCUT2D eigenvalue weighted by Gasteiger charge is 2.52. The SMILES string of the molecule is CCOC(=O)C1=C(COC(=O)C2(c3ccccc3)CC2)NC(=O)N[C@@H]1CC. The minimum atomic E-state index is -0.618. The average molecular weight is 372 g/mol. The summed E-state index contributed by atoms with van der Waals surface area (Å²) in [5.41, 5.74) is 0.889. The summed E-state index contributed by atoms with van der Waals surface area (Å²) in [5.74, 6) is -0.864. The molecule has 2 amide bonds. The molecular formula is C20H24N2O5. The molecule has 0 aromatic heterocycles. The van der Waals surface area contributed by atoms with E-state index in [-0.39, 0.29) is 24.9 Å². The van der Waals surface area contributed by atoms with E-state index in [9.17, 15) is 14.4 Å². The van der Waals surface area contributed by atoms with E-state index in [1.807, 2.05) is 37.3 Å².